The number of carbonyl (C=O) groups excluding carboxylic acids is 2. The van der Waals surface area contributed by atoms with Crippen molar-refractivity contribution in [3.63, 3.8) is 0 Å². The molecule has 2 aromatic rings. The Bertz CT molecular complexity index is 947. The van der Waals surface area contributed by atoms with Crippen LogP contribution in [0.3, 0.4) is 0 Å². The molecule has 2 amide bonds. The van der Waals surface area contributed by atoms with Crippen molar-refractivity contribution in [2.45, 2.75) is 26.9 Å². The molecule has 0 spiro atoms. The normalized spacial score (nSPS) is 11.2. The lowest BCUT2D eigenvalue weighted by molar-refractivity contribution is -0.137. The lowest BCUT2D eigenvalue weighted by Crippen LogP contribution is -2.42. The molecule has 0 heterocycles. The summed E-state index contributed by atoms with van der Waals surface area (Å²) in [5.41, 5.74) is 9.17. The fourth-order valence-corrected chi connectivity index (χ4v) is 2.48. The quantitative estimate of drug-likeness (QED) is 0.366. The largest absolute Gasteiger partial charge is 0.417 e. The van der Waals surface area contributed by atoms with Crippen LogP contribution in [0.15, 0.2) is 60.4 Å². The maximum atomic E-state index is 13.0. The van der Waals surface area contributed by atoms with Crippen molar-refractivity contribution in [2.75, 3.05) is 18.2 Å². The van der Waals surface area contributed by atoms with Crippen molar-refractivity contribution in [3.05, 3.63) is 77.1 Å². The number of alkyl halides is 3. The number of anilines is 1. The van der Waals surface area contributed by atoms with Crippen LogP contribution in [0, 0.1) is 0 Å². The van der Waals surface area contributed by atoms with Crippen molar-refractivity contribution < 1.29 is 27.5 Å². The zero-order chi connectivity index (χ0) is 25.0. The van der Waals surface area contributed by atoms with Gasteiger partial charge >= 0.3 is 6.18 Å². The average molecular weight is 467 g/mol. The van der Waals surface area contributed by atoms with E-state index in [1.807, 2.05) is 26.2 Å². The van der Waals surface area contributed by atoms with E-state index in [9.17, 15) is 22.8 Å². The number of halogens is 3. The van der Waals surface area contributed by atoms with Gasteiger partial charge in [0.15, 0.2) is 0 Å². The summed E-state index contributed by atoms with van der Waals surface area (Å²) in [6.07, 6.45) is -3.24. The Morgan fingerprint density at radius 1 is 1.03 bits per heavy atom. The van der Waals surface area contributed by atoms with Gasteiger partial charge in [0, 0.05) is 18.4 Å². The van der Waals surface area contributed by atoms with Crippen LogP contribution in [0.2, 0.25) is 0 Å². The fraction of sp³-hybridized carbons (Fsp3) is 0.273. The van der Waals surface area contributed by atoms with Gasteiger partial charge in [0.2, 0.25) is 0 Å². The highest BCUT2D eigenvalue weighted by molar-refractivity contribution is 6.00. The van der Waals surface area contributed by atoms with Crippen LogP contribution in [0.5, 0.6) is 0 Å². The lowest BCUT2D eigenvalue weighted by Gasteiger charge is -2.16. The number of hydrogen-bond acceptors (Lipinski definition) is 6. The topological polar surface area (TPSA) is 123 Å². The van der Waals surface area contributed by atoms with Gasteiger partial charge in [0.05, 0.1) is 29.1 Å². The van der Waals surface area contributed by atoms with Gasteiger partial charge in [0.1, 0.15) is 0 Å². The number of rotatable bonds is 7. The molecule has 2 rings (SSSR count). The maximum Gasteiger partial charge on any atom is 0.417 e. The molecule has 0 unspecified atom stereocenters. The van der Waals surface area contributed by atoms with Crippen LogP contribution in [0.25, 0.3) is 0 Å². The highest BCUT2D eigenvalue weighted by Gasteiger charge is 2.34. The van der Waals surface area contributed by atoms with E-state index < -0.39 is 29.1 Å². The minimum atomic E-state index is -4.71. The summed E-state index contributed by atoms with van der Waals surface area (Å²) in [6, 6.07) is 10.2. The van der Waals surface area contributed by atoms with Gasteiger partial charge in [-0.2, -0.15) is 13.2 Å². The van der Waals surface area contributed by atoms with Crippen LogP contribution in [-0.2, 0) is 10.9 Å². The Labute approximate surface area is 190 Å². The molecule has 6 N–H and O–H groups in total. The second kappa shape index (κ2) is 13.1. The van der Waals surface area contributed by atoms with Gasteiger partial charge < -0.3 is 10.5 Å². The number of hydrogen-bond donors (Lipinski definition) is 4. The number of nitrogens with one attached hydrogen (secondary N) is 2. The minimum absolute atomic E-state index is 0.146. The molecule has 0 bridgehead atoms. The molecule has 0 aliphatic heterocycles. The summed E-state index contributed by atoms with van der Waals surface area (Å²) in [5.74, 6) is 4.06. The molecule has 0 radical (unpaired) electrons. The average Bonchev–Trinajstić information content (AvgIpc) is 2.81. The van der Waals surface area contributed by atoms with E-state index in [2.05, 4.69) is 5.43 Å². The standard InChI is InChI=1S/C20H22F3N5O3.C2H6/c1-2-31-12-14(24)11-28(25)15-9-7-13(8-10-15)18(29)26-27-19(30)16-5-3-4-6-17(16)20(21,22)23;1-2/h3-11H,2,12,24-25H2,1H3,(H,26,29)(H,27,30);1-2H3/b14-11-;. The SMILES string of the molecule is CC.CCOC/C(N)=C/N(N)c1ccc(C(=O)NNC(=O)c2ccccc2C(F)(F)F)cc1. The number of carbonyl (C=O) groups is 2. The van der Waals surface area contributed by atoms with E-state index in [1.54, 1.807) is 0 Å². The van der Waals surface area contributed by atoms with Crippen molar-refractivity contribution in [3.8, 4) is 0 Å². The Kier molecular flexibility index (Phi) is 10.9. The third-order valence-corrected chi connectivity index (χ3v) is 3.97. The van der Waals surface area contributed by atoms with E-state index >= 15 is 0 Å². The van der Waals surface area contributed by atoms with E-state index in [0.29, 0.717) is 18.0 Å². The van der Waals surface area contributed by atoms with Crippen LogP contribution in [-0.4, -0.2) is 25.0 Å². The van der Waals surface area contributed by atoms with Crippen LogP contribution < -0.4 is 27.4 Å². The molecule has 0 aromatic heterocycles. The second-order valence-electron chi connectivity index (χ2n) is 6.25. The summed E-state index contributed by atoms with van der Waals surface area (Å²) in [4.78, 5) is 24.3. The molecule has 0 aliphatic rings. The van der Waals surface area contributed by atoms with Crippen molar-refractivity contribution in [1.82, 2.24) is 10.9 Å². The van der Waals surface area contributed by atoms with Gasteiger partial charge in [-0.25, -0.2) is 5.84 Å². The fourth-order valence-electron chi connectivity index (χ4n) is 2.48. The Morgan fingerprint density at radius 3 is 2.18 bits per heavy atom. The summed E-state index contributed by atoms with van der Waals surface area (Å²) in [7, 11) is 0. The third kappa shape index (κ3) is 8.47. The van der Waals surface area contributed by atoms with E-state index in [1.165, 1.54) is 47.6 Å². The molecule has 2 aromatic carbocycles. The number of amides is 2. The first-order valence-electron chi connectivity index (χ1n) is 10.1. The van der Waals surface area contributed by atoms with Gasteiger partial charge in [-0.15, -0.1) is 0 Å². The van der Waals surface area contributed by atoms with Crippen molar-refractivity contribution in [1.29, 1.82) is 0 Å². The summed E-state index contributed by atoms with van der Waals surface area (Å²) in [5, 5.41) is 1.24. The highest BCUT2D eigenvalue weighted by atomic mass is 19.4. The monoisotopic (exact) mass is 467 g/mol. The van der Waals surface area contributed by atoms with Crippen molar-refractivity contribution >= 4 is 17.5 Å². The summed E-state index contributed by atoms with van der Waals surface area (Å²) in [6.45, 7) is 6.54. The first-order chi connectivity index (χ1) is 15.6. The molecule has 8 nitrogen and oxygen atoms in total. The van der Waals surface area contributed by atoms with Gasteiger partial charge in [-0.05, 0) is 43.3 Å². The highest BCUT2D eigenvalue weighted by Crippen LogP contribution is 2.31. The Hall–Kier alpha value is -3.57. The zero-order valence-electron chi connectivity index (χ0n) is 18.6. The predicted molar refractivity (Wildman–Crippen MR) is 120 cm³/mol. The number of benzene rings is 2. The molecule has 11 heteroatoms. The molecule has 0 atom stereocenters. The van der Waals surface area contributed by atoms with Crippen LogP contribution in [0.1, 0.15) is 47.1 Å². The molecule has 33 heavy (non-hydrogen) atoms. The van der Waals surface area contributed by atoms with E-state index in [4.69, 9.17) is 16.3 Å². The molecule has 180 valence electrons. The molecule has 0 aliphatic carbocycles. The number of ether oxygens (including phenoxy) is 1. The number of nitrogens with zero attached hydrogens (tertiary/aromatic N) is 1. The second-order valence-corrected chi connectivity index (χ2v) is 6.25. The summed E-state index contributed by atoms with van der Waals surface area (Å²) >= 11 is 0. The molecule has 0 saturated carbocycles. The van der Waals surface area contributed by atoms with Crippen LogP contribution >= 0.6 is 0 Å². The maximum absolute atomic E-state index is 13.0. The molecule has 0 saturated heterocycles. The molecular weight excluding hydrogens is 439 g/mol. The van der Waals surface area contributed by atoms with Crippen molar-refractivity contribution in [2.24, 2.45) is 11.6 Å². The Morgan fingerprint density at radius 2 is 1.61 bits per heavy atom. The first-order valence-corrected chi connectivity index (χ1v) is 10.1. The smallest absolute Gasteiger partial charge is 0.399 e. The zero-order valence-corrected chi connectivity index (χ0v) is 18.6. The van der Waals surface area contributed by atoms with E-state index in [0.717, 1.165) is 12.1 Å². The minimum Gasteiger partial charge on any atom is -0.399 e. The predicted octanol–water partition coefficient (Wildman–Crippen LogP) is 3.32. The summed E-state index contributed by atoms with van der Waals surface area (Å²) < 4.78 is 44.2. The van der Waals surface area contributed by atoms with Crippen LogP contribution in [0.4, 0.5) is 18.9 Å². The third-order valence-electron chi connectivity index (χ3n) is 3.97. The molecular formula is C22H28F3N5O3. The lowest BCUT2D eigenvalue weighted by atomic mass is 10.1. The van der Waals surface area contributed by atoms with Gasteiger partial charge in [-0.1, -0.05) is 26.0 Å². The van der Waals surface area contributed by atoms with Gasteiger partial charge in [0.25, 0.3) is 11.8 Å². The first kappa shape index (κ1) is 27.5. The number of hydrazine groups is 2. The molecule has 0 fully saturated rings. The van der Waals surface area contributed by atoms with Gasteiger partial charge in [-0.3, -0.25) is 25.4 Å². The number of nitrogens with two attached hydrogens (primary N) is 2. The Balaban J connectivity index is 0.00000265. The van der Waals surface area contributed by atoms with E-state index in [-0.39, 0.29) is 12.2 Å².